The highest BCUT2D eigenvalue weighted by Gasteiger charge is 2.32. The number of piperazine rings is 1. The van der Waals surface area contributed by atoms with Crippen LogP contribution in [-0.4, -0.2) is 70.4 Å². The molecule has 2 atom stereocenters. The molecule has 1 aromatic rings. The highest BCUT2D eigenvalue weighted by Crippen LogP contribution is 2.40. The van der Waals surface area contributed by atoms with Crippen LogP contribution in [0.4, 0.5) is 0 Å². The smallest absolute Gasteiger partial charge is 0.164 e. The van der Waals surface area contributed by atoms with Crippen molar-refractivity contribution in [2.75, 3.05) is 54.6 Å². The van der Waals surface area contributed by atoms with Gasteiger partial charge in [0.25, 0.3) is 0 Å². The summed E-state index contributed by atoms with van der Waals surface area (Å²) < 4.78 is 16.5. The van der Waals surface area contributed by atoms with Crippen LogP contribution in [0, 0.1) is 0 Å². The maximum Gasteiger partial charge on any atom is 0.164 e. The molecule has 24 heavy (non-hydrogen) atoms. The quantitative estimate of drug-likeness (QED) is 0.818. The molecule has 1 aliphatic rings. The van der Waals surface area contributed by atoms with E-state index in [1.165, 1.54) is 0 Å². The largest absolute Gasteiger partial charge is 0.496 e. The number of likely N-dealkylation sites (N-methyl/N-ethyl adjacent to an activating group) is 1. The van der Waals surface area contributed by atoms with Gasteiger partial charge in [0, 0.05) is 43.9 Å². The second-order valence-corrected chi connectivity index (χ2v) is 6.26. The molecule has 1 aliphatic heterocycles. The van der Waals surface area contributed by atoms with Crippen LogP contribution in [-0.2, 0) is 0 Å². The lowest BCUT2D eigenvalue weighted by Crippen LogP contribution is -2.53. The normalized spacial score (nSPS) is 20.7. The third kappa shape index (κ3) is 3.77. The Bertz CT molecular complexity index is 538. The van der Waals surface area contributed by atoms with Crippen molar-refractivity contribution in [1.29, 1.82) is 0 Å². The number of methoxy groups -OCH3 is 3. The summed E-state index contributed by atoms with van der Waals surface area (Å²) >= 11 is 0. The van der Waals surface area contributed by atoms with Crippen LogP contribution in [0.25, 0.3) is 0 Å². The first-order valence-corrected chi connectivity index (χ1v) is 8.53. The SMILES string of the molecule is CCC1CN(C)CCN1C(CN)c1cc(OC)c(OC)cc1OC. The number of rotatable bonds is 7. The van der Waals surface area contributed by atoms with E-state index in [1.807, 2.05) is 12.1 Å². The van der Waals surface area contributed by atoms with Gasteiger partial charge in [-0.2, -0.15) is 0 Å². The lowest BCUT2D eigenvalue weighted by molar-refractivity contribution is 0.0511. The molecule has 0 spiro atoms. The molecule has 0 amide bonds. The third-order valence-electron chi connectivity index (χ3n) is 4.92. The van der Waals surface area contributed by atoms with E-state index < -0.39 is 0 Å². The Hall–Kier alpha value is -1.50. The van der Waals surface area contributed by atoms with Gasteiger partial charge in [0.05, 0.1) is 27.4 Å². The van der Waals surface area contributed by atoms with Crippen LogP contribution in [0.15, 0.2) is 12.1 Å². The molecule has 2 N–H and O–H groups in total. The van der Waals surface area contributed by atoms with E-state index in [4.69, 9.17) is 19.9 Å². The van der Waals surface area contributed by atoms with E-state index in [-0.39, 0.29) is 6.04 Å². The molecule has 0 aromatic heterocycles. The molecule has 6 heteroatoms. The summed E-state index contributed by atoms with van der Waals surface area (Å²) in [7, 11) is 7.13. The zero-order valence-corrected chi connectivity index (χ0v) is 15.5. The summed E-state index contributed by atoms with van der Waals surface area (Å²) in [5.74, 6) is 2.16. The van der Waals surface area contributed by atoms with E-state index in [1.54, 1.807) is 21.3 Å². The molecule has 0 saturated carbocycles. The minimum absolute atomic E-state index is 0.0957. The lowest BCUT2D eigenvalue weighted by Gasteiger charge is -2.44. The van der Waals surface area contributed by atoms with Crippen molar-refractivity contribution in [3.05, 3.63) is 17.7 Å². The molecule has 0 bridgehead atoms. The fraction of sp³-hybridized carbons (Fsp3) is 0.667. The molecular weight excluding hydrogens is 306 g/mol. The van der Waals surface area contributed by atoms with Gasteiger partial charge in [-0.25, -0.2) is 0 Å². The van der Waals surface area contributed by atoms with Gasteiger partial charge in [-0.15, -0.1) is 0 Å². The third-order valence-corrected chi connectivity index (χ3v) is 4.92. The average molecular weight is 337 g/mol. The molecule has 2 rings (SSSR count). The summed E-state index contributed by atoms with van der Waals surface area (Å²) in [5, 5.41) is 0. The number of hydrogen-bond acceptors (Lipinski definition) is 6. The summed E-state index contributed by atoms with van der Waals surface area (Å²) in [6.07, 6.45) is 1.09. The van der Waals surface area contributed by atoms with Crippen molar-refractivity contribution in [1.82, 2.24) is 9.80 Å². The minimum atomic E-state index is 0.0957. The summed E-state index contributed by atoms with van der Waals surface area (Å²) in [6.45, 7) is 5.86. The Morgan fingerprint density at radius 2 is 1.71 bits per heavy atom. The van der Waals surface area contributed by atoms with Gasteiger partial charge in [-0.05, 0) is 19.5 Å². The Balaban J connectivity index is 2.42. The van der Waals surface area contributed by atoms with Crippen LogP contribution in [0.2, 0.25) is 0 Å². The number of nitrogens with two attached hydrogens (primary N) is 1. The topological polar surface area (TPSA) is 60.2 Å². The van der Waals surface area contributed by atoms with E-state index in [2.05, 4.69) is 23.8 Å². The molecule has 0 radical (unpaired) electrons. The monoisotopic (exact) mass is 337 g/mol. The van der Waals surface area contributed by atoms with Crippen molar-refractivity contribution >= 4 is 0 Å². The minimum Gasteiger partial charge on any atom is -0.496 e. The standard InChI is InChI=1S/C18H31N3O3/c1-6-13-12-20(2)7-8-21(13)15(11-19)14-9-17(23-4)18(24-5)10-16(14)22-3/h9-10,13,15H,6-8,11-12,19H2,1-5H3. The molecular formula is C18H31N3O3. The molecule has 136 valence electrons. The van der Waals surface area contributed by atoms with Crippen molar-refractivity contribution in [3.63, 3.8) is 0 Å². The molecule has 1 fully saturated rings. The Morgan fingerprint density at radius 3 is 2.25 bits per heavy atom. The van der Waals surface area contributed by atoms with Crippen molar-refractivity contribution in [2.24, 2.45) is 5.73 Å². The van der Waals surface area contributed by atoms with E-state index >= 15 is 0 Å². The highest BCUT2D eigenvalue weighted by atomic mass is 16.5. The fourth-order valence-corrected chi connectivity index (χ4v) is 3.55. The fourth-order valence-electron chi connectivity index (χ4n) is 3.55. The number of hydrogen-bond donors (Lipinski definition) is 1. The summed E-state index contributed by atoms with van der Waals surface area (Å²) in [4.78, 5) is 4.88. The van der Waals surface area contributed by atoms with Crippen molar-refractivity contribution < 1.29 is 14.2 Å². The van der Waals surface area contributed by atoms with Crippen molar-refractivity contribution in [3.8, 4) is 17.2 Å². The predicted molar refractivity (Wildman–Crippen MR) is 96.2 cm³/mol. The lowest BCUT2D eigenvalue weighted by atomic mass is 9.98. The number of nitrogens with zero attached hydrogens (tertiary/aromatic N) is 2. The highest BCUT2D eigenvalue weighted by molar-refractivity contribution is 5.52. The second kappa shape index (κ2) is 8.55. The zero-order valence-electron chi connectivity index (χ0n) is 15.5. The van der Waals surface area contributed by atoms with Gasteiger partial charge >= 0.3 is 0 Å². The van der Waals surface area contributed by atoms with Crippen LogP contribution >= 0.6 is 0 Å². The number of ether oxygens (including phenoxy) is 3. The van der Waals surface area contributed by atoms with E-state index in [9.17, 15) is 0 Å². The van der Waals surface area contributed by atoms with Crippen LogP contribution < -0.4 is 19.9 Å². The van der Waals surface area contributed by atoms with E-state index in [0.717, 1.165) is 37.4 Å². The maximum absolute atomic E-state index is 6.19. The van der Waals surface area contributed by atoms with Gasteiger partial charge in [0.15, 0.2) is 11.5 Å². The number of benzene rings is 1. The molecule has 1 heterocycles. The predicted octanol–water partition coefficient (Wildman–Crippen LogP) is 1.74. The zero-order chi connectivity index (χ0) is 17.7. The molecule has 2 unspecified atom stereocenters. The van der Waals surface area contributed by atoms with E-state index in [0.29, 0.717) is 24.1 Å². The molecule has 1 saturated heterocycles. The summed E-state index contributed by atoms with van der Waals surface area (Å²) in [5.41, 5.74) is 7.25. The van der Waals surface area contributed by atoms with Crippen LogP contribution in [0.3, 0.4) is 0 Å². The van der Waals surface area contributed by atoms with Crippen molar-refractivity contribution in [2.45, 2.75) is 25.4 Å². The first-order valence-electron chi connectivity index (χ1n) is 8.53. The maximum atomic E-state index is 6.19. The van der Waals surface area contributed by atoms with Gasteiger partial charge in [-0.1, -0.05) is 6.92 Å². The van der Waals surface area contributed by atoms with Gasteiger partial charge in [0.2, 0.25) is 0 Å². The molecule has 0 aliphatic carbocycles. The Morgan fingerprint density at radius 1 is 1.08 bits per heavy atom. The van der Waals surface area contributed by atoms with Crippen LogP contribution in [0.5, 0.6) is 17.2 Å². The average Bonchev–Trinajstić information content (AvgIpc) is 2.62. The molecule has 6 nitrogen and oxygen atoms in total. The van der Waals surface area contributed by atoms with Gasteiger partial charge in [-0.3, -0.25) is 4.90 Å². The first kappa shape index (κ1) is 18.8. The Kier molecular flexibility index (Phi) is 6.71. The first-order chi connectivity index (χ1) is 11.6. The second-order valence-electron chi connectivity index (χ2n) is 6.26. The Labute approximate surface area is 145 Å². The van der Waals surface area contributed by atoms with Crippen LogP contribution in [0.1, 0.15) is 24.9 Å². The summed E-state index contributed by atoms with van der Waals surface area (Å²) in [6, 6.07) is 4.46. The van der Waals surface area contributed by atoms with Gasteiger partial charge in [0.1, 0.15) is 5.75 Å². The molecule has 1 aromatic carbocycles. The van der Waals surface area contributed by atoms with Gasteiger partial charge < -0.3 is 24.8 Å².